The zero-order valence-corrected chi connectivity index (χ0v) is 7.14. The van der Waals surface area contributed by atoms with Crippen molar-refractivity contribution in [3.8, 4) is 0 Å². The van der Waals surface area contributed by atoms with E-state index in [4.69, 9.17) is 22.1 Å². The molecule has 1 aliphatic heterocycles. The first kappa shape index (κ1) is 7.76. The molecule has 12 heavy (non-hydrogen) atoms. The first-order valence-corrected chi connectivity index (χ1v) is 4.03. The molecule has 4 nitrogen and oxygen atoms in total. The van der Waals surface area contributed by atoms with E-state index >= 15 is 0 Å². The highest BCUT2D eigenvalue weighted by Crippen LogP contribution is 2.20. The van der Waals surface area contributed by atoms with Crippen LogP contribution < -0.4 is 5.73 Å². The first-order chi connectivity index (χ1) is 5.77. The average molecular weight is 186 g/mol. The Morgan fingerprint density at radius 3 is 3.08 bits per heavy atom. The van der Waals surface area contributed by atoms with Crippen molar-refractivity contribution >= 4 is 17.4 Å². The summed E-state index contributed by atoms with van der Waals surface area (Å²) in [5.74, 6) is 0.435. The monoisotopic (exact) mass is 185 g/mol. The minimum Gasteiger partial charge on any atom is -0.383 e. The van der Waals surface area contributed by atoms with E-state index in [1.807, 2.05) is 0 Å². The quantitative estimate of drug-likeness (QED) is 0.607. The van der Waals surface area contributed by atoms with E-state index in [1.165, 1.54) is 0 Å². The highest BCUT2D eigenvalue weighted by molar-refractivity contribution is 6.28. The molecule has 0 aromatic carbocycles. The summed E-state index contributed by atoms with van der Waals surface area (Å²) in [6, 6.07) is 0. The van der Waals surface area contributed by atoms with Crippen molar-refractivity contribution in [2.75, 3.05) is 12.3 Å². The van der Waals surface area contributed by atoms with E-state index in [-0.39, 0.29) is 5.28 Å². The van der Waals surface area contributed by atoms with Crippen molar-refractivity contribution in [3.63, 3.8) is 0 Å². The van der Waals surface area contributed by atoms with Crippen molar-refractivity contribution in [2.24, 2.45) is 0 Å². The standard InChI is InChI=1S/C7H8ClN3O/c8-7-10-5-1-2-12-3-4(5)6(9)11-7/h1-3H2,(H2,9,10,11). The summed E-state index contributed by atoms with van der Waals surface area (Å²) < 4.78 is 5.21. The molecular weight excluding hydrogens is 178 g/mol. The summed E-state index contributed by atoms with van der Waals surface area (Å²) in [6.07, 6.45) is 0.766. The normalized spacial score (nSPS) is 15.8. The molecule has 0 fully saturated rings. The van der Waals surface area contributed by atoms with Crippen LogP contribution in [0.25, 0.3) is 0 Å². The lowest BCUT2D eigenvalue weighted by molar-refractivity contribution is 0.109. The number of nitrogen functional groups attached to an aromatic ring is 1. The zero-order valence-electron chi connectivity index (χ0n) is 6.38. The van der Waals surface area contributed by atoms with Crippen molar-refractivity contribution in [1.82, 2.24) is 9.97 Å². The molecule has 1 aromatic heterocycles. The molecule has 1 aromatic rings. The van der Waals surface area contributed by atoms with E-state index in [2.05, 4.69) is 9.97 Å². The molecule has 0 atom stereocenters. The lowest BCUT2D eigenvalue weighted by atomic mass is 10.1. The predicted octanol–water partition coefficient (Wildman–Crippen LogP) is 0.785. The highest BCUT2D eigenvalue weighted by Gasteiger charge is 2.15. The predicted molar refractivity (Wildman–Crippen MR) is 44.8 cm³/mol. The van der Waals surface area contributed by atoms with Crippen LogP contribution in [-0.2, 0) is 17.8 Å². The average Bonchev–Trinajstić information content (AvgIpc) is 2.04. The Balaban J connectivity index is 2.53. The number of aromatic nitrogens is 2. The third-order valence-corrected chi connectivity index (χ3v) is 2.00. The van der Waals surface area contributed by atoms with Crippen molar-refractivity contribution < 1.29 is 4.74 Å². The van der Waals surface area contributed by atoms with Gasteiger partial charge < -0.3 is 10.5 Å². The Kier molecular flexibility index (Phi) is 1.86. The summed E-state index contributed by atoms with van der Waals surface area (Å²) in [5, 5.41) is 0.216. The number of fused-ring (bicyclic) bond motifs is 1. The van der Waals surface area contributed by atoms with E-state index in [1.54, 1.807) is 0 Å². The molecule has 64 valence electrons. The Morgan fingerprint density at radius 1 is 1.42 bits per heavy atom. The topological polar surface area (TPSA) is 61.0 Å². The largest absolute Gasteiger partial charge is 0.383 e. The number of ether oxygens (including phenoxy) is 1. The van der Waals surface area contributed by atoms with Crippen molar-refractivity contribution in [1.29, 1.82) is 0 Å². The summed E-state index contributed by atoms with van der Waals surface area (Å²) in [6.45, 7) is 1.18. The molecule has 2 N–H and O–H groups in total. The SMILES string of the molecule is Nc1nc(Cl)nc2c1COCC2. The maximum Gasteiger partial charge on any atom is 0.224 e. The second kappa shape index (κ2) is 2.88. The molecule has 0 saturated heterocycles. The Bertz CT molecular complexity index is 316. The number of hydrogen-bond donors (Lipinski definition) is 1. The fourth-order valence-corrected chi connectivity index (χ4v) is 1.42. The number of rotatable bonds is 0. The molecule has 0 spiro atoms. The molecule has 0 saturated carbocycles. The van der Waals surface area contributed by atoms with Crippen LogP contribution in [0, 0.1) is 0 Å². The van der Waals surface area contributed by atoms with Gasteiger partial charge in [0.25, 0.3) is 0 Å². The van der Waals surface area contributed by atoms with Crippen LogP contribution in [0.1, 0.15) is 11.3 Å². The van der Waals surface area contributed by atoms with Gasteiger partial charge in [-0.05, 0) is 11.6 Å². The van der Waals surface area contributed by atoms with Gasteiger partial charge in [-0.1, -0.05) is 0 Å². The van der Waals surface area contributed by atoms with Gasteiger partial charge in [0.05, 0.1) is 18.9 Å². The number of nitrogens with zero attached hydrogens (tertiary/aromatic N) is 2. The second-order valence-electron chi connectivity index (χ2n) is 2.61. The lowest BCUT2D eigenvalue weighted by Crippen LogP contribution is -2.15. The molecule has 0 bridgehead atoms. The number of hydrogen-bond acceptors (Lipinski definition) is 4. The minimum absolute atomic E-state index is 0.216. The molecule has 0 aliphatic carbocycles. The van der Waals surface area contributed by atoms with Gasteiger partial charge in [0.2, 0.25) is 5.28 Å². The Hall–Kier alpha value is -0.870. The van der Waals surface area contributed by atoms with Crippen LogP contribution in [0.5, 0.6) is 0 Å². The van der Waals surface area contributed by atoms with E-state index in [9.17, 15) is 0 Å². The second-order valence-corrected chi connectivity index (χ2v) is 2.94. The first-order valence-electron chi connectivity index (χ1n) is 3.66. The van der Waals surface area contributed by atoms with E-state index in [0.29, 0.717) is 19.0 Å². The third kappa shape index (κ3) is 1.23. The Morgan fingerprint density at radius 2 is 2.25 bits per heavy atom. The van der Waals surface area contributed by atoms with Crippen LogP contribution in [0.15, 0.2) is 0 Å². The zero-order chi connectivity index (χ0) is 8.55. The van der Waals surface area contributed by atoms with Crippen molar-refractivity contribution in [2.45, 2.75) is 13.0 Å². The van der Waals surface area contributed by atoms with Crippen LogP contribution in [-0.4, -0.2) is 16.6 Å². The molecule has 0 amide bonds. The van der Waals surface area contributed by atoms with Gasteiger partial charge in [-0.3, -0.25) is 0 Å². The van der Waals surface area contributed by atoms with Gasteiger partial charge in [-0.25, -0.2) is 9.97 Å². The summed E-state index contributed by atoms with van der Waals surface area (Å²) in [5.41, 5.74) is 7.42. The van der Waals surface area contributed by atoms with Crippen LogP contribution >= 0.6 is 11.6 Å². The summed E-state index contributed by atoms with van der Waals surface area (Å²) >= 11 is 5.64. The molecule has 2 rings (SSSR count). The van der Waals surface area contributed by atoms with Gasteiger partial charge in [-0.15, -0.1) is 0 Å². The summed E-state index contributed by atoms with van der Waals surface area (Å²) in [4.78, 5) is 7.91. The highest BCUT2D eigenvalue weighted by atomic mass is 35.5. The smallest absolute Gasteiger partial charge is 0.224 e. The molecule has 2 heterocycles. The fraction of sp³-hybridized carbons (Fsp3) is 0.429. The van der Waals surface area contributed by atoms with Gasteiger partial charge >= 0.3 is 0 Å². The minimum atomic E-state index is 0.216. The number of anilines is 1. The summed E-state index contributed by atoms with van der Waals surface area (Å²) in [7, 11) is 0. The van der Waals surface area contributed by atoms with Gasteiger partial charge in [0, 0.05) is 12.0 Å². The third-order valence-electron chi connectivity index (χ3n) is 1.83. The molecule has 5 heteroatoms. The number of nitrogens with two attached hydrogens (primary N) is 1. The molecule has 0 unspecified atom stereocenters. The lowest BCUT2D eigenvalue weighted by Gasteiger charge is -2.16. The number of halogens is 1. The molecular formula is C7H8ClN3O. The molecule has 1 aliphatic rings. The van der Waals surface area contributed by atoms with Crippen LogP contribution in [0.4, 0.5) is 5.82 Å². The van der Waals surface area contributed by atoms with Gasteiger partial charge in [0.1, 0.15) is 5.82 Å². The van der Waals surface area contributed by atoms with E-state index in [0.717, 1.165) is 17.7 Å². The maximum atomic E-state index is 5.64. The van der Waals surface area contributed by atoms with Crippen molar-refractivity contribution in [3.05, 3.63) is 16.5 Å². The Labute approximate surface area is 74.7 Å². The van der Waals surface area contributed by atoms with Crippen LogP contribution in [0.3, 0.4) is 0 Å². The van der Waals surface area contributed by atoms with E-state index < -0.39 is 0 Å². The fourth-order valence-electron chi connectivity index (χ4n) is 1.23. The maximum absolute atomic E-state index is 5.64. The van der Waals surface area contributed by atoms with Gasteiger partial charge in [-0.2, -0.15) is 0 Å². The van der Waals surface area contributed by atoms with Crippen LogP contribution in [0.2, 0.25) is 5.28 Å². The van der Waals surface area contributed by atoms with Gasteiger partial charge in [0.15, 0.2) is 0 Å². The molecule has 0 radical (unpaired) electrons.